The zero-order chi connectivity index (χ0) is 22.0. The number of fused-ring (bicyclic) bond motifs is 1. The smallest absolute Gasteiger partial charge is 0.329 e. The molecule has 1 aromatic carbocycles. The fourth-order valence-corrected chi connectivity index (χ4v) is 3.64. The van der Waals surface area contributed by atoms with E-state index in [-0.39, 0.29) is 35.0 Å². The number of benzene rings is 1. The van der Waals surface area contributed by atoms with Gasteiger partial charge in [-0.15, -0.1) is 0 Å². The lowest BCUT2D eigenvalue weighted by Gasteiger charge is -2.14. The van der Waals surface area contributed by atoms with Gasteiger partial charge in [-0.3, -0.25) is 24.5 Å². The van der Waals surface area contributed by atoms with E-state index in [1.165, 1.54) is 35.9 Å². The molecule has 0 saturated heterocycles. The molecular weight excluding hydrogens is 418 g/mol. The first kappa shape index (κ1) is 21.3. The Kier molecular flexibility index (Phi) is 6.03. The van der Waals surface area contributed by atoms with Gasteiger partial charge in [0.1, 0.15) is 0 Å². The number of H-pyrrole nitrogens is 1. The summed E-state index contributed by atoms with van der Waals surface area (Å²) in [6.45, 7) is -0.121. The summed E-state index contributed by atoms with van der Waals surface area (Å²) in [5, 5.41) is 32.2. The van der Waals surface area contributed by atoms with E-state index in [0.29, 0.717) is 5.56 Å². The number of aliphatic hydroxyl groups is 1. The average Bonchev–Trinajstić information content (AvgIpc) is 3.03. The van der Waals surface area contributed by atoms with Gasteiger partial charge >= 0.3 is 5.69 Å². The van der Waals surface area contributed by atoms with E-state index in [0.717, 1.165) is 16.3 Å². The number of aryl methyl sites for hydroxylation is 1. The van der Waals surface area contributed by atoms with Crippen LogP contribution in [-0.4, -0.2) is 47.0 Å². The van der Waals surface area contributed by atoms with E-state index in [9.17, 15) is 34.7 Å². The van der Waals surface area contributed by atoms with Crippen LogP contribution in [0.15, 0.2) is 39.0 Å². The Bertz CT molecular complexity index is 1230. The van der Waals surface area contributed by atoms with Crippen LogP contribution >= 0.6 is 11.8 Å². The fraction of sp³-hybridized carbons (Fsp3) is 0.294. The van der Waals surface area contributed by atoms with Crippen molar-refractivity contribution < 1.29 is 19.9 Å². The van der Waals surface area contributed by atoms with Gasteiger partial charge in [-0.2, -0.15) is 0 Å². The molecule has 0 amide bonds. The Morgan fingerprint density at radius 1 is 1.33 bits per heavy atom. The van der Waals surface area contributed by atoms with Crippen LogP contribution in [0, 0.1) is 10.1 Å². The molecular formula is C17H16N5O7S-. The van der Waals surface area contributed by atoms with Gasteiger partial charge in [-0.25, -0.2) is 9.78 Å². The average molecular weight is 434 g/mol. The molecule has 12 nitrogen and oxygen atoms in total. The number of nitrogens with one attached hydrogen (secondary N) is 1. The summed E-state index contributed by atoms with van der Waals surface area (Å²) in [6, 6.07) is 5.65. The Hall–Kier alpha value is -3.45. The first-order valence-electron chi connectivity index (χ1n) is 8.61. The number of imidazole rings is 1. The van der Waals surface area contributed by atoms with Crippen LogP contribution in [0.1, 0.15) is 5.56 Å². The van der Waals surface area contributed by atoms with E-state index in [2.05, 4.69) is 9.97 Å². The molecule has 13 heteroatoms. The van der Waals surface area contributed by atoms with Gasteiger partial charge in [0.2, 0.25) is 0 Å². The second-order valence-electron chi connectivity index (χ2n) is 6.44. The first-order chi connectivity index (χ1) is 14.2. The molecule has 0 aliphatic rings. The maximum Gasteiger partial charge on any atom is 0.329 e. The first-order valence-corrected chi connectivity index (χ1v) is 9.59. The van der Waals surface area contributed by atoms with Crippen molar-refractivity contribution in [3.8, 4) is 0 Å². The lowest BCUT2D eigenvalue weighted by Crippen LogP contribution is -2.30. The normalized spacial score (nSPS) is 12.2. The molecule has 1 atom stereocenters. The number of thioether (sulfide) groups is 1. The Labute approximate surface area is 171 Å². The number of non-ortho nitro benzene ring substituents is 1. The molecule has 0 radical (unpaired) electrons. The largest absolute Gasteiger partial charge is 0.549 e. The van der Waals surface area contributed by atoms with Crippen LogP contribution in [0.4, 0.5) is 5.69 Å². The van der Waals surface area contributed by atoms with Gasteiger partial charge in [-0.1, -0.05) is 23.9 Å². The highest BCUT2D eigenvalue weighted by molar-refractivity contribution is 7.99. The highest BCUT2D eigenvalue weighted by Gasteiger charge is 2.20. The zero-order valence-electron chi connectivity index (χ0n) is 15.6. The molecule has 0 fully saturated rings. The summed E-state index contributed by atoms with van der Waals surface area (Å²) in [7, 11) is 1.40. The monoisotopic (exact) mass is 434 g/mol. The summed E-state index contributed by atoms with van der Waals surface area (Å²) in [6.07, 6.45) is -0.908. The summed E-state index contributed by atoms with van der Waals surface area (Å²) in [4.78, 5) is 51.6. The minimum absolute atomic E-state index is 0.0145. The number of aromatic amines is 1. The van der Waals surface area contributed by atoms with Crippen molar-refractivity contribution >= 4 is 34.6 Å². The minimum atomic E-state index is -1.34. The van der Waals surface area contributed by atoms with Crippen LogP contribution in [0.2, 0.25) is 0 Å². The lowest BCUT2D eigenvalue weighted by atomic mass is 10.1. The van der Waals surface area contributed by atoms with Crippen LogP contribution in [-0.2, 0) is 24.8 Å². The van der Waals surface area contributed by atoms with Crippen LogP contribution in [0.3, 0.4) is 0 Å². The number of nitro groups is 1. The van der Waals surface area contributed by atoms with E-state index >= 15 is 0 Å². The van der Waals surface area contributed by atoms with E-state index in [4.69, 9.17) is 0 Å². The Morgan fingerprint density at radius 2 is 2.00 bits per heavy atom. The molecule has 0 aliphatic heterocycles. The maximum atomic E-state index is 12.4. The predicted molar refractivity (Wildman–Crippen MR) is 104 cm³/mol. The molecule has 2 aromatic heterocycles. The zero-order valence-corrected chi connectivity index (χ0v) is 16.4. The summed E-state index contributed by atoms with van der Waals surface area (Å²) in [5.41, 5.74) is -0.790. The number of hydrogen-bond donors (Lipinski definition) is 2. The number of nitro benzene ring substituents is 1. The molecule has 1 unspecified atom stereocenters. The van der Waals surface area contributed by atoms with Crippen LogP contribution in [0.5, 0.6) is 0 Å². The molecule has 158 valence electrons. The highest BCUT2D eigenvalue weighted by Crippen LogP contribution is 2.22. The fourth-order valence-electron chi connectivity index (χ4n) is 2.92. The molecule has 2 N–H and O–H groups in total. The van der Waals surface area contributed by atoms with Crippen molar-refractivity contribution in [1.29, 1.82) is 0 Å². The number of carboxylic acids is 1. The summed E-state index contributed by atoms with van der Waals surface area (Å²) in [5.74, 6) is -1.78. The van der Waals surface area contributed by atoms with E-state index < -0.39 is 34.0 Å². The topological polar surface area (TPSA) is 176 Å². The number of carboxylic acid groups (broad SMARTS) is 1. The number of aromatic nitrogens is 4. The third kappa shape index (κ3) is 4.41. The van der Waals surface area contributed by atoms with Gasteiger partial charge < -0.3 is 19.6 Å². The van der Waals surface area contributed by atoms with Crippen molar-refractivity contribution in [3.05, 3.63) is 60.8 Å². The summed E-state index contributed by atoms with van der Waals surface area (Å²) >= 11 is 0.793. The van der Waals surface area contributed by atoms with E-state index in [1.54, 1.807) is 0 Å². The van der Waals surface area contributed by atoms with Gasteiger partial charge in [0.15, 0.2) is 16.3 Å². The molecule has 3 aromatic rings. The molecule has 0 aliphatic carbocycles. The van der Waals surface area contributed by atoms with Crippen molar-refractivity contribution in [2.24, 2.45) is 7.05 Å². The molecule has 2 heterocycles. The standard InChI is InChI=1S/C17H17N5O7S/c1-20-14-13(15(26)19-16(20)27)21(17(18-14)30-8-12(24)25)7-11(23)6-9-2-4-10(5-3-9)22(28)29/h2-5,11,23H,6-8H2,1H3,(H,24,25)(H,19,26,27)/p-1. The van der Waals surface area contributed by atoms with Gasteiger partial charge in [0.05, 0.1) is 23.5 Å². The third-order valence-electron chi connectivity index (χ3n) is 4.30. The maximum absolute atomic E-state index is 12.4. The predicted octanol–water partition coefficient (Wildman–Crippen LogP) is -1.22. The van der Waals surface area contributed by atoms with Gasteiger partial charge in [0, 0.05) is 31.4 Å². The molecule has 0 saturated carbocycles. The molecule has 3 rings (SSSR count). The lowest BCUT2D eigenvalue weighted by molar-refractivity contribution is -0.384. The molecule has 0 bridgehead atoms. The van der Waals surface area contributed by atoms with Gasteiger partial charge in [0.25, 0.3) is 11.2 Å². The van der Waals surface area contributed by atoms with Crippen LogP contribution < -0.4 is 16.4 Å². The van der Waals surface area contributed by atoms with Gasteiger partial charge in [-0.05, 0) is 5.56 Å². The number of aliphatic carboxylic acids is 1. The minimum Gasteiger partial charge on any atom is -0.549 e. The number of nitrogens with zero attached hydrogens (tertiary/aromatic N) is 4. The SMILES string of the molecule is Cn1c(=O)[nH]c(=O)c2c1nc(SCC(=O)[O-])n2CC(O)Cc1ccc([N+](=O)[O-])cc1. The summed E-state index contributed by atoms with van der Waals surface area (Å²) < 4.78 is 2.45. The second kappa shape index (κ2) is 8.51. The number of aliphatic hydroxyl groups excluding tert-OH is 1. The third-order valence-corrected chi connectivity index (χ3v) is 5.25. The van der Waals surface area contributed by atoms with Crippen molar-refractivity contribution in [2.45, 2.75) is 24.2 Å². The highest BCUT2D eigenvalue weighted by atomic mass is 32.2. The molecule has 0 spiro atoms. The second-order valence-corrected chi connectivity index (χ2v) is 7.38. The van der Waals surface area contributed by atoms with Crippen LogP contribution in [0.25, 0.3) is 11.2 Å². The quantitative estimate of drug-likeness (QED) is 0.250. The van der Waals surface area contributed by atoms with Crippen molar-refractivity contribution in [1.82, 2.24) is 19.1 Å². The Balaban J connectivity index is 1.94. The van der Waals surface area contributed by atoms with E-state index in [1.807, 2.05) is 0 Å². The number of hydrogen-bond acceptors (Lipinski definition) is 9. The van der Waals surface area contributed by atoms with Crippen molar-refractivity contribution in [3.63, 3.8) is 0 Å². The number of carbonyl (C=O) groups excluding carboxylic acids is 1. The number of carbonyl (C=O) groups is 1. The number of rotatable bonds is 8. The Morgan fingerprint density at radius 3 is 2.60 bits per heavy atom. The molecule has 30 heavy (non-hydrogen) atoms. The van der Waals surface area contributed by atoms with Crippen molar-refractivity contribution in [2.75, 3.05) is 5.75 Å².